The number of aromatic nitrogens is 2. The summed E-state index contributed by atoms with van der Waals surface area (Å²) >= 11 is 0. The average molecular weight is 316 g/mol. The Morgan fingerprint density at radius 3 is 2.26 bits per heavy atom. The molecule has 5 nitrogen and oxygen atoms in total. The number of carbonyl (C=O) groups excluding carboxylic acids is 1. The fourth-order valence-corrected chi connectivity index (χ4v) is 2.24. The molecule has 0 saturated carbocycles. The number of carbonyl (C=O) groups is 1. The molecule has 0 radical (unpaired) electrons. The van der Waals surface area contributed by atoms with Gasteiger partial charge in [-0.2, -0.15) is 5.10 Å². The van der Waals surface area contributed by atoms with E-state index in [9.17, 15) is 4.79 Å². The largest absolute Gasteiger partial charge is 0.334 e. The lowest BCUT2D eigenvalue weighted by Crippen LogP contribution is -2.28. The first-order valence-corrected chi connectivity index (χ1v) is 8.14. The third kappa shape index (κ3) is 5.13. The van der Waals surface area contributed by atoms with Crippen LogP contribution >= 0.6 is 0 Å². The van der Waals surface area contributed by atoms with Gasteiger partial charge in [0.25, 0.3) is 0 Å². The zero-order chi connectivity index (χ0) is 17.4. The Morgan fingerprint density at radius 2 is 1.78 bits per heavy atom. The molecule has 2 rings (SSSR count). The lowest BCUT2D eigenvalue weighted by Gasteiger charge is -2.08. The van der Waals surface area contributed by atoms with E-state index in [1.165, 1.54) is 5.56 Å². The van der Waals surface area contributed by atoms with Crippen molar-refractivity contribution in [3.8, 4) is 0 Å². The van der Waals surface area contributed by atoms with Crippen molar-refractivity contribution >= 4 is 11.7 Å². The predicted molar refractivity (Wildman–Crippen MR) is 95.7 cm³/mol. The summed E-state index contributed by atoms with van der Waals surface area (Å²) in [5.41, 5.74) is 5.13. The molecule has 0 fully saturated rings. The number of urea groups is 1. The number of anilines is 1. The van der Waals surface area contributed by atoms with Crippen molar-refractivity contribution in [3.63, 3.8) is 0 Å². The van der Waals surface area contributed by atoms with Gasteiger partial charge in [0.15, 0.2) is 0 Å². The summed E-state index contributed by atoms with van der Waals surface area (Å²) in [6.07, 6.45) is 0.992. The van der Waals surface area contributed by atoms with Gasteiger partial charge in [-0.3, -0.25) is 4.68 Å². The van der Waals surface area contributed by atoms with E-state index in [0.717, 1.165) is 29.1 Å². The van der Waals surface area contributed by atoms with Crippen LogP contribution in [0.15, 0.2) is 24.3 Å². The zero-order valence-electron chi connectivity index (χ0n) is 15.0. The van der Waals surface area contributed by atoms with Crippen LogP contribution in [-0.2, 0) is 20.0 Å². The zero-order valence-corrected chi connectivity index (χ0v) is 15.0. The number of hydrogen-bond acceptors (Lipinski definition) is 2. The predicted octanol–water partition coefficient (Wildman–Crippen LogP) is 3.95. The fraction of sp³-hybridized carbons (Fsp3) is 0.444. The van der Waals surface area contributed by atoms with E-state index in [1.807, 2.05) is 63.7 Å². The first kappa shape index (κ1) is 18.7. The minimum atomic E-state index is -0.207. The minimum Gasteiger partial charge on any atom is -0.334 e. The van der Waals surface area contributed by atoms with Crippen molar-refractivity contribution in [2.75, 3.05) is 5.32 Å². The Kier molecular flexibility index (Phi) is 7.32. The quantitative estimate of drug-likeness (QED) is 0.897. The highest BCUT2D eigenvalue weighted by Crippen LogP contribution is 2.12. The standard InChI is InChI=1S/C16H22N4O.C2H6/c1-5-13-6-8-14(9-7-13)18-16(21)17-10-15-11(2)19-20(4)12(15)3;1-2/h6-9H,5,10H2,1-4H3,(H2,17,18,21);1-2H3. The van der Waals surface area contributed by atoms with Crippen LogP contribution in [0.3, 0.4) is 0 Å². The van der Waals surface area contributed by atoms with Gasteiger partial charge in [0.2, 0.25) is 0 Å². The maximum absolute atomic E-state index is 11.9. The van der Waals surface area contributed by atoms with Crippen LogP contribution in [0.5, 0.6) is 0 Å². The number of nitrogens with one attached hydrogen (secondary N) is 2. The van der Waals surface area contributed by atoms with Crippen molar-refractivity contribution in [1.82, 2.24) is 15.1 Å². The number of rotatable bonds is 4. The molecule has 0 unspecified atom stereocenters. The maximum Gasteiger partial charge on any atom is 0.319 e. The van der Waals surface area contributed by atoms with Gasteiger partial charge in [0.1, 0.15) is 0 Å². The van der Waals surface area contributed by atoms with Gasteiger partial charge in [0, 0.05) is 30.5 Å². The van der Waals surface area contributed by atoms with Crippen molar-refractivity contribution < 1.29 is 4.79 Å². The van der Waals surface area contributed by atoms with Gasteiger partial charge >= 0.3 is 6.03 Å². The van der Waals surface area contributed by atoms with Gasteiger partial charge in [0.05, 0.1) is 5.69 Å². The second-order valence-electron chi connectivity index (χ2n) is 5.13. The highest BCUT2D eigenvalue weighted by molar-refractivity contribution is 5.89. The van der Waals surface area contributed by atoms with Crippen LogP contribution in [0.2, 0.25) is 0 Å². The topological polar surface area (TPSA) is 59.0 Å². The maximum atomic E-state index is 11.9. The SMILES string of the molecule is CC.CCc1ccc(NC(=O)NCc2c(C)nn(C)c2C)cc1. The summed E-state index contributed by atoms with van der Waals surface area (Å²) in [6.45, 7) is 10.5. The van der Waals surface area contributed by atoms with Crippen molar-refractivity contribution in [1.29, 1.82) is 0 Å². The molecule has 5 heteroatoms. The molecule has 0 aliphatic heterocycles. The van der Waals surface area contributed by atoms with Crippen molar-refractivity contribution in [2.45, 2.75) is 47.6 Å². The van der Waals surface area contributed by atoms with Crippen molar-refractivity contribution in [3.05, 3.63) is 46.8 Å². The van der Waals surface area contributed by atoms with E-state index in [2.05, 4.69) is 22.7 Å². The number of aryl methyl sites for hydroxylation is 3. The Labute approximate surface area is 139 Å². The van der Waals surface area contributed by atoms with Gasteiger partial charge < -0.3 is 10.6 Å². The first-order valence-electron chi connectivity index (χ1n) is 8.14. The van der Waals surface area contributed by atoms with E-state index < -0.39 is 0 Å². The highest BCUT2D eigenvalue weighted by Gasteiger charge is 2.10. The molecule has 0 aliphatic carbocycles. The molecule has 2 N–H and O–H groups in total. The molecular weight excluding hydrogens is 288 g/mol. The summed E-state index contributed by atoms with van der Waals surface area (Å²) in [6, 6.07) is 7.66. The van der Waals surface area contributed by atoms with Crippen LogP contribution in [0.25, 0.3) is 0 Å². The molecule has 1 aromatic heterocycles. The van der Waals surface area contributed by atoms with E-state index in [0.29, 0.717) is 6.54 Å². The molecule has 0 atom stereocenters. The van der Waals surface area contributed by atoms with Crippen LogP contribution in [-0.4, -0.2) is 15.8 Å². The number of nitrogens with zero attached hydrogens (tertiary/aromatic N) is 2. The number of amides is 2. The van der Waals surface area contributed by atoms with Gasteiger partial charge in [-0.05, 0) is 38.0 Å². The van der Waals surface area contributed by atoms with E-state index >= 15 is 0 Å². The second-order valence-corrected chi connectivity index (χ2v) is 5.13. The molecule has 1 aromatic carbocycles. The van der Waals surface area contributed by atoms with Crippen LogP contribution < -0.4 is 10.6 Å². The molecule has 126 valence electrons. The Hall–Kier alpha value is -2.30. The second kappa shape index (κ2) is 8.98. The lowest BCUT2D eigenvalue weighted by molar-refractivity contribution is 0.251. The van der Waals surface area contributed by atoms with E-state index in [4.69, 9.17) is 0 Å². The normalized spacial score (nSPS) is 9.83. The first-order chi connectivity index (χ1) is 11.0. The van der Waals surface area contributed by atoms with E-state index in [1.54, 1.807) is 0 Å². The molecule has 2 aromatic rings. The molecule has 0 saturated heterocycles. The summed E-state index contributed by atoms with van der Waals surface area (Å²) in [4.78, 5) is 11.9. The smallest absolute Gasteiger partial charge is 0.319 e. The van der Waals surface area contributed by atoms with Gasteiger partial charge in [-0.1, -0.05) is 32.9 Å². The summed E-state index contributed by atoms with van der Waals surface area (Å²) < 4.78 is 1.83. The lowest BCUT2D eigenvalue weighted by atomic mass is 10.1. The number of benzene rings is 1. The molecule has 0 spiro atoms. The minimum absolute atomic E-state index is 0.207. The van der Waals surface area contributed by atoms with Crippen LogP contribution in [0, 0.1) is 13.8 Å². The molecule has 23 heavy (non-hydrogen) atoms. The highest BCUT2D eigenvalue weighted by atomic mass is 16.2. The van der Waals surface area contributed by atoms with Crippen LogP contribution in [0.1, 0.15) is 43.3 Å². The molecule has 1 heterocycles. The Morgan fingerprint density at radius 1 is 1.17 bits per heavy atom. The third-order valence-corrected chi connectivity index (χ3v) is 3.70. The fourth-order valence-electron chi connectivity index (χ4n) is 2.24. The average Bonchev–Trinajstić information content (AvgIpc) is 2.81. The van der Waals surface area contributed by atoms with E-state index in [-0.39, 0.29) is 6.03 Å². The molecule has 0 bridgehead atoms. The van der Waals surface area contributed by atoms with Gasteiger partial charge in [-0.25, -0.2) is 4.79 Å². The summed E-state index contributed by atoms with van der Waals surface area (Å²) in [5.74, 6) is 0. The monoisotopic (exact) mass is 316 g/mol. The molecule has 2 amide bonds. The summed E-state index contributed by atoms with van der Waals surface area (Å²) in [7, 11) is 1.90. The Balaban J connectivity index is 0.00000127. The Bertz CT molecular complexity index is 629. The molecule has 0 aliphatic rings. The molecular formula is C18H28N4O. The summed E-state index contributed by atoms with van der Waals surface area (Å²) in [5, 5.41) is 10.0. The van der Waals surface area contributed by atoms with Crippen molar-refractivity contribution in [2.24, 2.45) is 7.05 Å². The third-order valence-electron chi connectivity index (χ3n) is 3.70. The number of hydrogen-bond donors (Lipinski definition) is 2. The van der Waals surface area contributed by atoms with Gasteiger partial charge in [-0.15, -0.1) is 0 Å². The van der Waals surface area contributed by atoms with Crippen LogP contribution in [0.4, 0.5) is 10.5 Å².